The molecule has 1 saturated heterocycles. The molecule has 230 valence electrons. The van der Waals surface area contributed by atoms with E-state index in [1.165, 1.54) is 12.1 Å². The molecule has 45 heavy (non-hydrogen) atoms. The fraction of sp³-hybridized carbons (Fsp3) is 0.121. The van der Waals surface area contributed by atoms with E-state index < -0.39 is 17.8 Å². The Balaban J connectivity index is 1.35. The maximum Gasteiger partial charge on any atom is 0.335 e. The minimum absolute atomic E-state index is 0.128. The first-order chi connectivity index (χ1) is 21.6. The smallest absolute Gasteiger partial charge is 0.335 e. The molecular weight excluding hydrogens is 707 g/mol. The largest absolute Gasteiger partial charge is 0.490 e. The lowest BCUT2D eigenvalue weighted by Gasteiger charge is -2.26. The van der Waals surface area contributed by atoms with Crippen LogP contribution in [-0.2, 0) is 22.8 Å². The quantitative estimate of drug-likeness (QED) is 0.130. The van der Waals surface area contributed by atoms with E-state index in [1.54, 1.807) is 55.5 Å². The monoisotopic (exact) mass is 728 g/mol. The van der Waals surface area contributed by atoms with Crippen LogP contribution in [0.15, 0.2) is 88.9 Å². The zero-order chi connectivity index (χ0) is 32.1. The number of nitrogens with zero attached hydrogens (tertiary/aromatic N) is 1. The van der Waals surface area contributed by atoms with Crippen molar-refractivity contribution in [2.24, 2.45) is 0 Å². The molecule has 0 radical (unpaired) electrons. The summed E-state index contributed by atoms with van der Waals surface area (Å²) in [4.78, 5) is 39.9. The molecule has 0 saturated carbocycles. The topological polar surface area (TPSA) is 94.2 Å². The lowest BCUT2D eigenvalue weighted by Crippen LogP contribution is -2.54. The van der Waals surface area contributed by atoms with Gasteiger partial charge in [-0.1, -0.05) is 68.9 Å². The molecule has 5 rings (SSSR count). The molecule has 4 amide bonds. The summed E-state index contributed by atoms with van der Waals surface area (Å²) in [5, 5.41) is 3.22. The summed E-state index contributed by atoms with van der Waals surface area (Å²) in [6, 6.07) is 21.5. The number of anilines is 1. The molecule has 1 heterocycles. The van der Waals surface area contributed by atoms with Crippen molar-refractivity contribution in [1.29, 1.82) is 0 Å². The second-order valence-electron chi connectivity index (χ2n) is 9.67. The number of barbiturate groups is 1. The van der Waals surface area contributed by atoms with Gasteiger partial charge in [0.25, 0.3) is 11.8 Å². The Kier molecular flexibility index (Phi) is 10.4. The van der Waals surface area contributed by atoms with Gasteiger partial charge in [-0.3, -0.25) is 14.9 Å². The number of urea groups is 1. The first-order valence-electron chi connectivity index (χ1n) is 13.5. The average Bonchev–Trinajstić information content (AvgIpc) is 3.01. The number of carbonyl (C=O) groups excluding carboxylic acids is 3. The zero-order valence-corrected chi connectivity index (χ0v) is 27.5. The van der Waals surface area contributed by atoms with E-state index in [4.69, 9.17) is 49.0 Å². The molecule has 12 heteroatoms. The number of hydrogen-bond donors (Lipinski definition) is 1. The Labute approximate surface area is 282 Å². The van der Waals surface area contributed by atoms with Crippen LogP contribution < -0.4 is 24.4 Å². The first-order valence-corrected chi connectivity index (χ1v) is 15.5. The van der Waals surface area contributed by atoms with Crippen LogP contribution in [0, 0.1) is 0 Å². The van der Waals surface area contributed by atoms with Crippen molar-refractivity contribution in [2.45, 2.75) is 20.1 Å². The molecule has 1 aliphatic rings. The number of rotatable bonds is 10. The number of halogens is 4. The molecule has 1 fully saturated rings. The predicted octanol–water partition coefficient (Wildman–Crippen LogP) is 8.63. The van der Waals surface area contributed by atoms with Crippen molar-refractivity contribution >= 4 is 80.3 Å². The number of carbonyl (C=O) groups is 3. The number of benzene rings is 4. The van der Waals surface area contributed by atoms with Gasteiger partial charge < -0.3 is 14.2 Å². The van der Waals surface area contributed by atoms with Crippen LogP contribution >= 0.6 is 50.7 Å². The molecule has 0 aromatic heterocycles. The molecule has 0 atom stereocenters. The SMILES string of the molecule is CCOc1cc(/C=C2\C(=O)NC(=O)N(c3ccc(OCc4ccc(Br)cc4)cc3)C2=O)cc(Cl)c1OCc1ccc(Cl)c(Cl)c1. The summed E-state index contributed by atoms with van der Waals surface area (Å²) in [5.74, 6) is -0.540. The maximum atomic E-state index is 13.5. The Morgan fingerprint density at radius 2 is 1.47 bits per heavy atom. The fourth-order valence-corrected chi connectivity index (χ4v) is 5.22. The Bertz CT molecular complexity index is 1800. The molecular formula is C33H24BrCl3N2O6. The zero-order valence-electron chi connectivity index (χ0n) is 23.6. The summed E-state index contributed by atoms with van der Waals surface area (Å²) in [6.45, 7) is 2.55. The normalized spacial score (nSPS) is 14.0. The fourth-order valence-electron chi connectivity index (χ4n) is 4.36. The summed E-state index contributed by atoms with van der Waals surface area (Å²) in [7, 11) is 0. The third-order valence-electron chi connectivity index (χ3n) is 6.53. The van der Waals surface area contributed by atoms with Crippen LogP contribution in [0.3, 0.4) is 0 Å². The van der Waals surface area contributed by atoms with Crippen LogP contribution in [0.4, 0.5) is 10.5 Å². The summed E-state index contributed by atoms with van der Waals surface area (Å²) in [5.41, 5.74) is 2.10. The highest BCUT2D eigenvalue weighted by Crippen LogP contribution is 2.38. The highest BCUT2D eigenvalue weighted by molar-refractivity contribution is 9.10. The minimum atomic E-state index is -0.871. The lowest BCUT2D eigenvalue weighted by atomic mass is 10.1. The number of imide groups is 2. The van der Waals surface area contributed by atoms with Gasteiger partial charge in [-0.05, 0) is 90.4 Å². The van der Waals surface area contributed by atoms with Gasteiger partial charge in [0.05, 0.1) is 27.4 Å². The van der Waals surface area contributed by atoms with Gasteiger partial charge in [0.1, 0.15) is 24.5 Å². The van der Waals surface area contributed by atoms with Gasteiger partial charge in [0, 0.05) is 4.47 Å². The van der Waals surface area contributed by atoms with Crippen molar-refractivity contribution in [3.8, 4) is 17.2 Å². The predicted molar refractivity (Wildman–Crippen MR) is 177 cm³/mol. The summed E-state index contributed by atoms with van der Waals surface area (Å²) in [6.07, 6.45) is 1.34. The molecule has 0 aliphatic carbocycles. The molecule has 0 bridgehead atoms. The standard InChI is InChI=1S/C33H24BrCl3N2O6/c1-2-43-29-16-21(15-28(37)30(29)45-18-20-5-12-26(35)27(36)14-20)13-25-31(40)38-33(42)39(32(25)41)23-8-10-24(11-9-23)44-17-19-3-6-22(34)7-4-19/h3-16H,2,17-18H2,1H3,(H,38,40,42)/b25-13+. The average molecular weight is 731 g/mol. The van der Waals surface area contributed by atoms with Crippen molar-refractivity contribution in [2.75, 3.05) is 11.5 Å². The van der Waals surface area contributed by atoms with Gasteiger partial charge in [0.15, 0.2) is 11.5 Å². The third-order valence-corrected chi connectivity index (χ3v) is 8.07. The van der Waals surface area contributed by atoms with E-state index in [0.717, 1.165) is 20.5 Å². The van der Waals surface area contributed by atoms with Crippen LogP contribution in [0.25, 0.3) is 6.08 Å². The van der Waals surface area contributed by atoms with E-state index in [9.17, 15) is 14.4 Å². The second kappa shape index (κ2) is 14.4. The van der Waals surface area contributed by atoms with Gasteiger partial charge in [-0.15, -0.1) is 0 Å². The molecule has 8 nitrogen and oxygen atoms in total. The van der Waals surface area contributed by atoms with Crippen molar-refractivity contribution in [3.63, 3.8) is 0 Å². The first kappa shape index (κ1) is 32.4. The minimum Gasteiger partial charge on any atom is -0.490 e. The highest BCUT2D eigenvalue weighted by Gasteiger charge is 2.37. The number of nitrogens with one attached hydrogen (secondary N) is 1. The van der Waals surface area contributed by atoms with E-state index in [-0.39, 0.29) is 28.6 Å². The highest BCUT2D eigenvalue weighted by atomic mass is 79.9. The van der Waals surface area contributed by atoms with Crippen LogP contribution in [0.5, 0.6) is 17.2 Å². The van der Waals surface area contributed by atoms with Crippen molar-refractivity contribution in [1.82, 2.24) is 5.32 Å². The van der Waals surface area contributed by atoms with E-state index in [2.05, 4.69) is 21.2 Å². The Morgan fingerprint density at radius 3 is 2.16 bits per heavy atom. The molecule has 4 aromatic carbocycles. The number of ether oxygens (including phenoxy) is 3. The lowest BCUT2D eigenvalue weighted by molar-refractivity contribution is -0.122. The third kappa shape index (κ3) is 7.80. The Morgan fingerprint density at radius 1 is 0.778 bits per heavy atom. The molecule has 0 unspecified atom stereocenters. The van der Waals surface area contributed by atoms with E-state index in [1.807, 2.05) is 24.3 Å². The summed E-state index contributed by atoms with van der Waals surface area (Å²) < 4.78 is 18.5. The molecule has 1 N–H and O–H groups in total. The van der Waals surface area contributed by atoms with Crippen molar-refractivity contribution in [3.05, 3.63) is 121 Å². The number of amides is 4. The molecule has 1 aliphatic heterocycles. The Hall–Kier alpha value is -4.02. The van der Waals surface area contributed by atoms with Gasteiger partial charge in [-0.25, -0.2) is 9.69 Å². The van der Waals surface area contributed by atoms with Crippen LogP contribution in [0.2, 0.25) is 15.1 Å². The van der Waals surface area contributed by atoms with E-state index >= 15 is 0 Å². The molecule has 0 spiro atoms. The van der Waals surface area contributed by atoms with Gasteiger partial charge in [-0.2, -0.15) is 0 Å². The molecule has 4 aromatic rings. The van der Waals surface area contributed by atoms with E-state index in [0.29, 0.717) is 40.3 Å². The van der Waals surface area contributed by atoms with Crippen LogP contribution in [0.1, 0.15) is 23.6 Å². The van der Waals surface area contributed by atoms with Gasteiger partial charge in [0.2, 0.25) is 0 Å². The van der Waals surface area contributed by atoms with Gasteiger partial charge >= 0.3 is 6.03 Å². The maximum absolute atomic E-state index is 13.5. The number of hydrogen-bond acceptors (Lipinski definition) is 6. The second-order valence-corrected chi connectivity index (χ2v) is 11.8. The van der Waals surface area contributed by atoms with Crippen molar-refractivity contribution < 1.29 is 28.6 Å². The van der Waals surface area contributed by atoms with Crippen LogP contribution in [-0.4, -0.2) is 24.5 Å². The summed E-state index contributed by atoms with van der Waals surface area (Å²) >= 11 is 22.1.